The molecule has 0 saturated carbocycles. The van der Waals surface area contributed by atoms with Crippen molar-refractivity contribution in [3.8, 4) is 0 Å². The molecule has 0 spiro atoms. The summed E-state index contributed by atoms with van der Waals surface area (Å²) in [6, 6.07) is 4.76. The number of anilines is 1. The third-order valence-corrected chi connectivity index (χ3v) is 4.18. The average Bonchev–Trinajstić information content (AvgIpc) is 2.81. The molecule has 9 heteroatoms. The van der Waals surface area contributed by atoms with Crippen molar-refractivity contribution in [2.75, 3.05) is 25.0 Å². The van der Waals surface area contributed by atoms with Gasteiger partial charge in [0, 0.05) is 12.2 Å². The van der Waals surface area contributed by atoms with Crippen LogP contribution >= 0.6 is 0 Å². The lowest BCUT2D eigenvalue weighted by Crippen LogP contribution is -2.43. The molecule has 1 aliphatic heterocycles. The van der Waals surface area contributed by atoms with Gasteiger partial charge in [0.2, 0.25) is 11.8 Å². The van der Waals surface area contributed by atoms with Gasteiger partial charge in [-0.25, -0.2) is 9.69 Å². The zero-order chi connectivity index (χ0) is 21.0. The van der Waals surface area contributed by atoms with Crippen LogP contribution in [-0.2, 0) is 19.2 Å². The van der Waals surface area contributed by atoms with Crippen LogP contribution in [0.15, 0.2) is 18.2 Å². The van der Waals surface area contributed by atoms with E-state index >= 15 is 0 Å². The lowest BCUT2D eigenvalue weighted by Gasteiger charge is -2.17. The predicted octanol–water partition coefficient (Wildman–Crippen LogP) is 0.805. The fourth-order valence-electron chi connectivity index (χ4n) is 2.79. The van der Waals surface area contributed by atoms with Crippen LogP contribution in [0.2, 0.25) is 0 Å². The summed E-state index contributed by atoms with van der Waals surface area (Å²) < 4.78 is 0. The molecule has 1 heterocycles. The predicted molar refractivity (Wildman–Crippen MR) is 101 cm³/mol. The van der Waals surface area contributed by atoms with E-state index in [9.17, 15) is 24.0 Å². The number of benzene rings is 1. The number of urea groups is 1. The summed E-state index contributed by atoms with van der Waals surface area (Å²) in [6.45, 7) is 6.46. The molecular formula is C19H24N4O5. The van der Waals surface area contributed by atoms with Gasteiger partial charge in [0.15, 0.2) is 0 Å². The highest BCUT2D eigenvalue weighted by Gasteiger charge is 2.45. The molecule has 9 nitrogen and oxygen atoms in total. The van der Waals surface area contributed by atoms with Crippen LogP contribution < -0.4 is 10.6 Å². The van der Waals surface area contributed by atoms with E-state index in [2.05, 4.69) is 10.6 Å². The van der Waals surface area contributed by atoms with E-state index in [-0.39, 0.29) is 19.0 Å². The van der Waals surface area contributed by atoms with Crippen LogP contribution in [-0.4, -0.2) is 59.1 Å². The quantitative estimate of drug-likeness (QED) is 0.530. The van der Waals surface area contributed by atoms with Gasteiger partial charge in [0.05, 0.1) is 6.54 Å². The van der Waals surface area contributed by atoms with E-state index in [4.69, 9.17) is 0 Å². The Hall–Kier alpha value is -3.23. The Morgan fingerprint density at radius 3 is 2.11 bits per heavy atom. The minimum Gasteiger partial charge on any atom is -0.345 e. The first-order valence-electron chi connectivity index (χ1n) is 8.92. The summed E-state index contributed by atoms with van der Waals surface area (Å²) in [4.78, 5) is 61.6. The molecule has 0 aromatic heterocycles. The number of carbonyl (C=O) groups is 5. The van der Waals surface area contributed by atoms with Gasteiger partial charge in [-0.1, -0.05) is 32.0 Å². The summed E-state index contributed by atoms with van der Waals surface area (Å²) in [7, 11) is 0. The van der Waals surface area contributed by atoms with Crippen molar-refractivity contribution in [2.45, 2.75) is 27.7 Å². The first kappa shape index (κ1) is 21.1. The van der Waals surface area contributed by atoms with E-state index in [0.717, 1.165) is 16.0 Å². The summed E-state index contributed by atoms with van der Waals surface area (Å²) in [5.41, 5.74) is 2.44. The maximum atomic E-state index is 12.2. The summed E-state index contributed by atoms with van der Waals surface area (Å²) >= 11 is 0. The van der Waals surface area contributed by atoms with Crippen molar-refractivity contribution in [3.05, 3.63) is 29.3 Å². The van der Waals surface area contributed by atoms with Gasteiger partial charge in [0.1, 0.15) is 6.54 Å². The number of hydrogen-bond acceptors (Lipinski definition) is 5. The standard InChI is InChI=1S/C19H24N4O5/c1-11(2)9-22-17(26)18(27)23(19(22)28)10-15(25)20-8-14(24)21-16-12(3)6-5-7-13(16)4/h5-7,11H,8-10H2,1-4H3,(H,20,25)(H,21,24). The highest BCUT2D eigenvalue weighted by atomic mass is 16.2. The first-order valence-corrected chi connectivity index (χ1v) is 8.92. The van der Waals surface area contributed by atoms with E-state index in [1.807, 2.05) is 32.0 Å². The lowest BCUT2D eigenvalue weighted by atomic mass is 10.1. The highest BCUT2D eigenvalue weighted by Crippen LogP contribution is 2.19. The van der Waals surface area contributed by atoms with Gasteiger partial charge < -0.3 is 10.6 Å². The molecule has 0 bridgehead atoms. The number of aryl methyl sites for hydroxylation is 2. The number of amides is 6. The molecule has 0 atom stereocenters. The molecule has 0 radical (unpaired) electrons. The second-order valence-electron chi connectivity index (χ2n) is 7.08. The smallest absolute Gasteiger partial charge is 0.334 e. The van der Waals surface area contributed by atoms with E-state index in [0.29, 0.717) is 10.6 Å². The highest BCUT2D eigenvalue weighted by molar-refractivity contribution is 6.45. The third-order valence-electron chi connectivity index (χ3n) is 4.18. The normalized spacial score (nSPS) is 14.1. The number of hydrogen-bond donors (Lipinski definition) is 2. The van der Waals surface area contributed by atoms with Crippen molar-refractivity contribution in [1.82, 2.24) is 15.1 Å². The molecule has 2 N–H and O–H groups in total. The maximum absolute atomic E-state index is 12.2. The van der Waals surface area contributed by atoms with Gasteiger partial charge in [0.25, 0.3) is 0 Å². The van der Waals surface area contributed by atoms with Crippen molar-refractivity contribution in [2.24, 2.45) is 5.92 Å². The number of nitrogens with zero attached hydrogens (tertiary/aromatic N) is 2. The van der Waals surface area contributed by atoms with Gasteiger partial charge in [-0.15, -0.1) is 0 Å². The Balaban J connectivity index is 1.90. The number of para-hydroxylation sites is 1. The zero-order valence-electron chi connectivity index (χ0n) is 16.4. The minimum absolute atomic E-state index is 0.0110. The molecule has 0 aliphatic carbocycles. The van der Waals surface area contributed by atoms with E-state index in [1.54, 1.807) is 13.8 Å². The Kier molecular flexibility index (Phi) is 6.50. The fourth-order valence-corrected chi connectivity index (χ4v) is 2.79. The maximum Gasteiger partial charge on any atom is 0.334 e. The molecule has 2 rings (SSSR count). The van der Waals surface area contributed by atoms with Crippen molar-refractivity contribution < 1.29 is 24.0 Å². The molecule has 1 aromatic carbocycles. The van der Waals surface area contributed by atoms with Crippen molar-refractivity contribution >= 4 is 35.3 Å². The zero-order valence-corrected chi connectivity index (χ0v) is 16.4. The number of rotatable bonds is 7. The molecule has 1 aliphatic rings. The molecule has 1 aromatic rings. The Labute approximate surface area is 163 Å². The van der Waals surface area contributed by atoms with Gasteiger partial charge in [-0.3, -0.25) is 24.1 Å². The molecule has 28 heavy (non-hydrogen) atoms. The molecule has 1 saturated heterocycles. The van der Waals surface area contributed by atoms with Gasteiger partial charge in [-0.2, -0.15) is 0 Å². The Morgan fingerprint density at radius 1 is 0.964 bits per heavy atom. The van der Waals surface area contributed by atoms with E-state index in [1.165, 1.54) is 0 Å². The molecular weight excluding hydrogens is 364 g/mol. The van der Waals surface area contributed by atoms with Crippen LogP contribution in [0.3, 0.4) is 0 Å². The molecule has 0 unspecified atom stereocenters. The number of nitrogens with one attached hydrogen (secondary N) is 2. The summed E-state index contributed by atoms with van der Waals surface area (Å²) in [6.07, 6.45) is 0. The van der Waals surface area contributed by atoms with E-state index < -0.39 is 36.2 Å². The summed E-state index contributed by atoms with van der Waals surface area (Å²) in [5.74, 6) is -3.15. The molecule has 150 valence electrons. The van der Waals surface area contributed by atoms with Crippen LogP contribution in [0.5, 0.6) is 0 Å². The Morgan fingerprint density at radius 2 is 1.54 bits per heavy atom. The van der Waals surface area contributed by atoms with Crippen LogP contribution in [0.25, 0.3) is 0 Å². The van der Waals surface area contributed by atoms with Crippen molar-refractivity contribution in [3.63, 3.8) is 0 Å². The lowest BCUT2D eigenvalue weighted by molar-refractivity contribution is -0.144. The van der Waals surface area contributed by atoms with Crippen LogP contribution in [0.4, 0.5) is 10.5 Å². The van der Waals surface area contributed by atoms with Crippen LogP contribution in [0, 0.1) is 19.8 Å². The summed E-state index contributed by atoms with van der Waals surface area (Å²) in [5, 5.41) is 5.07. The Bertz CT molecular complexity index is 813. The average molecular weight is 388 g/mol. The minimum atomic E-state index is -1.04. The van der Waals surface area contributed by atoms with Crippen LogP contribution in [0.1, 0.15) is 25.0 Å². The van der Waals surface area contributed by atoms with Crippen molar-refractivity contribution in [1.29, 1.82) is 0 Å². The third kappa shape index (κ3) is 4.73. The monoisotopic (exact) mass is 388 g/mol. The second-order valence-corrected chi connectivity index (χ2v) is 7.08. The topological polar surface area (TPSA) is 116 Å². The number of imide groups is 2. The fraction of sp³-hybridized carbons (Fsp3) is 0.421. The van der Waals surface area contributed by atoms with Gasteiger partial charge >= 0.3 is 17.8 Å². The number of carbonyl (C=O) groups excluding carboxylic acids is 5. The molecule has 1 fully saturated rings. The SMILES string of the molecule is Cc1cccc(C)c1NC(=O)CNC(=O)CN1C(=O)C(=O)N(CC(C)C)C1=O. The molecule has 6 amide bonds. The van der Waals surface area contributed by atoms with Gasteiger partial charge in [-0.05, 0) is 30.9 Å². The largest absolute Gasteiger partial charge is 0.345 e. The first-order chi connectivity index (χ1) is 13.1. The second kappa shape index (κ2) is 8.64.